The van der Waals surface area contributed by atoms with Crippen LogP contribution in [0.1, 0.15) is 36.8 Å². The van der Waals surface area contributed by atoms with E-state index in [9.17, 15) is 0 Å². The van der Waals surface area contributed by atoms with Crippen molar-refractivity contribution in [3.05, 3.63) is 35.4 Å². The van der Waals surface area contributed by atoms with Crippen molar-refractivity contribution in [2.24, 2.45) is 10.4 Å². The summed E-state index contributed by atoms with van der Waals surface area (Å²) in [5.74, 6) is 0.880. The Balaban J connectivity index is 1.51. The smallest absolute Gasteiger partial charge is 0.191 e. The molecule has 1 aromatic carbocycles. The molecule has 1 saturated heterocycles. The summed E-state index contributed by atoms with van der Waals surface area (Å²) in [6.45, 7) is 7.25. The lowest BCUT2D eigenvalue weighted by Gasteiger charge is -2.42. The molecule has 0 spiro atoms. The molecular formula is C22H36N4O2. The van der Waals surface area contributed by atoms with Crippen molar-refractivity contribution in [2.75, 3.05) is 53.6 Å². The van der Waals surface area contributed by atoms with Crippen LogP contribution < -0.4 is 10.6 Å². The number of benzene rings is 1. The Labute approximate surface area is 169 Å². The maximum Gasteiger partial charge on any atom is 0.191 e. The Morgan fingerprint density at radius 3 is 2.57 bits per heavy atom. The van der Waals surface area contributed by atoms with Crippen LogP contribution in [0.15, 0.2) is 29.3 Å². The van der Waals surface area contributed by atoms with Gasteiger partial charge in [-0.1, -0.05) is 30.7 Å². The molecule has 156 valence electrons. The number of rotatable bonds is 9. The summed E-state index contributed by atoms with van der Waals surface area (Å²) in [6, 6.07) is 8.69. The van der Waals surface area contributed by atoms with Crippen molar-refractivity contribution in [2.45, 2.75) is 38.8 Å². The fourth-order valence-corrected chi connectivity index (χ4v) is 4.07. The molecule has 3 rings (SSSR count). The van der Waals surface area contributed by atoms with E-state index < -0.39 is 0 Å². The number of nitrogens with zero attached hydrogens (tertiary/aromatic N) is 2. The minimum Gasteiger partial charge on any atom is -0.385 e. The maximum atomic E-state index is 5.47. The molecule has 1 aliphatic carbocycles. The van der Waals surface area contributed by atoms with Crippen LogP contribution in [0.3, 0.4) is 0 Å². The van der Waals surface area contributed by atoms with Crippen LogP contribution in [0.5, 0.6) is 0 Å². The SMILES string of the molecule is CN=C(NCc1ccccc1CN1CCOCC1)NCC1(CCOC)CCC1. The van der Waals surface area contributed by atoms with Crippen LogP contribution in [-0.4, -0.2) is 64.5 Å². The monoisotopic (exact) mass is 388 g/mol. The first-order valence-corrected chi connectivity index (χ1v) is 10.5. The van der Waals surface area contributed by atoms with E-state index in [0.717, 1.165) is 64.9 Å². The molecule has 28 heavy (non-hydrogen) atoms. The average molecular weight is 389 g/mol. The standard InChI is InChI=1S/C22H36N4O2/c1-23-21(25-18-22(8-5-9-22)10-13-27-2)24-16-19-6-3-4-7-20(19)17-26-11-14-28-15-12-26/h3-4,6-7H,5,8-18H2,1-2H3,(H2,23,24,25). The van der Waals surface area contributed by atoms with Gasteiger partial charge in [0.25, 0.3) is 0 Å². The average Bonchev–Trinajstić information content (AvgIpc) is 2.71. The number of aliphatic imine (C=N–C) groups is 1. The van der Waals surface area contributed by atoms with Crippen LogP contribution >= 0.6 is 0 Å². The molecule has 1 heterocycles. The Kier molecular flexibility index (Phi) is 8.13. The molecule has 1 aromatic rings. The summed E-state index contributed by atoms with van der Waals surface area (Å²) in [7, 11) is 3.63. The van der Waals surface area contributed by atoms with E-state index >= 15 is 0 Å². The highest BCUT2D eigenvalue weighted by Crippen LogP contribution is 2.43. The molecular weight excluding hydrogens is 352 g/mol. The minimum atomic E-state index is 0.377. The van der Waals surface area contributed by atoms with Crippen molar-refractivity contribution in [1.29, 1.82) is 0 Å². The highest BCUT2D eigenvalue weighted by Gasteiger charge is 2.36. The van der Waals surface area contributed by atoms with Gasteiger partial charge in [-0.3, -0.25) is 9.89 Å². The third-order valence-electron chi connectivity index (χ3n) is 6.17. The predicted octanol–water partition coefficient (Wildman–Crippen LogP) is 2.39. The number of hydrogen-bond acceptors (Lipinski definition) is 4. The van der Waals surface area contributed by atoms with Gasteiger partial charge in [0.05, 0.1) is 13.2 Å². The third-order valence-corrected chi connectivity index (χ3v) is 6.17. The zero-order chi connectivity index (χ0) is 19.7. The topological polar surface area (TPSA) is 58.1 Å². The molecule has 0 amide bonds. The number of nitrogens with one attached hydrogen (secondary N) is 2. The molecule has 1 saturated carbocycles. The number of methoxy groups -OCH3 is 1. The highest BCUT2D eigenvalue weighted by molar-refractivity contribution is 5.79. The first-order valence-electron chi connectivity index (χ1n) is 10.5. The molecule has 0 bridgehead atoms. The molecule has 0 atom stereocenters. The fourth-order valence-electron chi connectivity index (χ4n) is 4.07. The van der Waals surface area contributed by atoms with E-state index in [-0.39, 0.29) is 0 Å². The fraction of sp³-hybridized carbons (Fsp3) is 0.682. The van der Waals surface area contributed by atoms with Gasteiger partial charge in [-0.25, -0.2) is 0 Å². The number of hydrogen-bond donors (Lipinski definition) is 2. The number of ether oxygens (including phenoxy) is 2. The van der Waals surface area contributed by atoms with E-state index in [1.54, 1.807) is 7.11 Å². The van der Waals surface area contributed by atoms with Crippen LogP contribution in [0.25, 0.3) is 0 Å². The van der Waals surface area contributed by atoms with Gasteiger partial charge in [0, 0.05) is 53.5 Å². The van der Waals surface area contributed by atoms with E-state index in [2.05, 4.69) is 44.8 Å². The van der Waals surface area contributed by atoms with Gasteiger partial charge >= 0.3 is 0 Å². The largest absolute Gasteiger partial charge is 0.385 e. The molecule has 6 heteroatoms. The van der Waals surface area contributed by atoms with E-state index in [1.807, 2.05) is 7.05 Å². The second-order valence-electron chi connectivity index (χ2n) is 8.03. The summed E-state index contributed by atoms with van der Waals surface area (Å²) < 4.78 is 10.8. The van der Waals surface area contributed by atoms with Gasteiger partial charge < -0.3 is 20.1 Å². The van der Waals surface area contributed by atoms with Gasteiger partial charge in [0.2, 0.25) is 0 Å². The first kappa shape index (κ1) is 21.1. The maximum absolute atomic E-state index is 5.47. The van der Waals surface area contributed by atoms with Gasteiger partial charge in [0.15, 0.2) is 5.96 Å². The number of guanidine groups is 1. The van der Waals surface area contributed by atoms with Crippen LogP contribution in [0.2, 0.25) is 0 Å². The first-order chi connectivity index (χ1) is 13.7. The second kappa shape index (κ2) is 10.8. The van der Waals surface area contributed by atoms with E-state index in [1.165, 1.54) is 30.4 Å². The molecule has 0 radical (unpaired) electrons. The zero-order valence-electron chi connectivity index (χ0n) is 17.5. The normalized spacial score (nSPS) is 19.9. The highest BCUT2D eigenvalue weighted by atomic mass is 16.5. The quantitative estimate of drug-likeness (QED) is 0.503. The second-order valence-corrected chi connectivity index (χ2v) is 8.03. The molecule has 0 aromatic heterocycles. The Morgan fingerprint density at radius 2 is 1.93 bits per heavy atom. The molecule has 2 fully saturated rings. The summed E-state index contributed by atoms with van der Waals surface area (Å²) in [4.78, 5) is 6.89. The van der Waals surface area contributed by atoms with Crippen molar-refractivity contribution in [1.82, 2.24) is 15.5 Å². The molecule has 2 N–H and O–H groups in total. The molecule has 1 aliphatic heterocycles. The van der Waals surface area contributed by atoms with Crippen molar-refractivity contribution < 1.29 is 9.47 Å². The van der Waals surface area contributed by atoms with Gasteiger partial charge in [-0.05, 0) is 35.8 Å². The summed E-state index contributed by atoms with van der Waals surface area (Å²) >= 11 is 0. The Hall–Kier alpha value is -1.63. The van der Waals surface area contributed by atoms with E-state index in [0.29, 0.717) is 5.41 Å². The lowest BCUT2D eigenvalue weighted by atomic mass is 9.67. The van der Waals surface area contributed by atoms with Gasteiger partial charge in [0.1, 0.15) is 0 Å². The molecule has 0 unspecified atom stereocenters. The van der Waals surface area contributed by atoms with Crippen molar-refractivity contribution in [3.63, 3.8) is 0 Å². The lowest BCUT2D eigenvalue weighted by Crippen LogP contribution is -2.46. The third kappa shape index (κ3) is 5.93. The minimum absolute atomic E-state index is 0.377. The summed E-state index contributed by atoms with van der Waals surface area (Å²) in [5, 5.41) is 7.05. The predicted molar refractivity (Wildman–Crippen MR) is 114 cm³/mol. The lowest BCUT2D eigenvalue weighted by molar-refractivity contribution is 0.0341. The van der Waals surface area contributed by atoms with Crippen molar-refractivity contribution >= 4 is 5.96 Å². The van der Waals surface area contributed by atoms with Gasteiger partial charge in [-0.2, -0.15) is 0 Å². The van der Waals surface area contributed by atoms with Crippen LogP contribution in [0, 0.1) is 5.41 Å². The zero-order valence-corrected chi connectivity index (χ0v) is 17.5. The van der Waals surface area contributed by atoms with Crippen LogP contribution in [0.4, 0.5) is 0 Å². The van der Waals surface area contributed by atoms with E-state index in [4.69, 9.17) is 9.47 Å². The number of morpholine rings is 1. The molecule has 2 aliphatic rings. The van der Waals surface area contributed by atoms with Crippen LogP contribution in [-0.2, 0) is 22.6 Å². The van der Waals surface area contributed by atoms with Crippen molar-refractivity contribution in [3.8, 4) is 0 Å². The Morgan fingerprint density at radius 1 is 1.18 bits per heavy atom. The summed E-state index contributed by atoms with van der Waals surface area (Å²) in [5.41, 5.74) is 3.08. The summed E-state index contributed by atoms with van der Waals surface area (Å²) in [6.07, 6.45) is 5.01. The molecule has 6 nitrogen and oxygen atoms in total. The van der Waals surface area contributed by atoms with Gasteiger partial charge in [-0.15, -0.1) is 0 Å². The Bertz CT molecular complexity index is 625.